The maximum Gasteiger partial charge on any atom is 0.343 e. The van der Waals surface area contributed by atoms with Crippen LogP contribution in [0.25, 0.3) is 0 Å². The Balaban J connectivity index is 1.84. The minimum atomic E-state index is -0.453. The molecular formula is C16H17NO4S. The summed E-state index contributed by atoms with van der Waals surface area (Å²) in [6, 6.07) is 10.9. The quantitative estimate of drug-likeness (QED) is 0.797. The first-order valence-electron chi connectivity index (χ1n) is 6.79. The Labute approximate surface area is 132 Å². The molecule has 1 amide bonds. The number of hydrogen-bond donors (Lipinski definition) is 1. The second kappa shape index (κ2) is 8.19. The molecule has 0 spiro atoms. The van der Waals surface area contributed by atoms with Crippen LogP contribution >= 0.6 is 11.3 Å². The van der Waals surface area contributed by atoms with E-state index < -0.39 is 5.97 Å². The molecule has 1 N–H and O–H groups in total. The Hall–Kier alpha value is -2.34. The van der Waals surface area contributed by atoms with Gasteiger partial charge in [0, 0.05) is 23.1 Å². The third-order valence-corrected chi connectivity index (χ3v) is 3.82. The zero-order chi connectivity index (χ0) is 15.8. The number of esters is 1. The van der Waals surface area contributed by atoms with E-state index in [-0.39, 0.29) is 12.5 Å². The van der Waals surface area contributed by atoms with Crippen molar-refractivity contribution >= 4 is 28.9 Å². The van der Waals surface area contributed by atoms with E-state index in [1.54, 1.807) is 35.6 Å². The van der Waals surface area contributed by atoms with Gasteiger partial charge in [0.1, 0.15) is 5.75 Å². The van der Waals surface area contributed by atoms with E-state index in [2.05, 4.69) is 10.1 Å². The number of thiophene rings is 1. The van der Waals surface area contributed by atoms with Gasteiger partial charge in [-0.05, 0) is 30.0 Å². The number of nitrogens with one attached hydrogen (secondary N) is 1. The maximum absolute atomic E-state index is 11.9. The van der Waals surface area contributed by atoms with Gasteiger partial charge in [-0.25, -0.2) is 4.79 Å². The molecule has 5 nitrogen and oxygen atoms in total. The largest absolute Gasteiger partial charge is 0.482 e. The minimum Gasteiger partial charge on any atom is -0.482 e. The fourth-order valence-electron chi connectivity index (χ4n) is 1.78. The normalized spacial score (nSPS) is 10.0. The van der Waals surface area contributed by atoms with Crippen LogP contribution in [0.4, 0.5) is 5.69 Å². The summed E-state index contributed by atoms with van der Waals surface area (Å²) in [5, 5.41) is 4.81. The number of benzene rings is 1. The summed E-state index contributed by atoms with van der Waals surface area (Å²) in [4.78, 5) is 24.1. The van der Waals surface area contributed by atoms with Crippen molar-refractivity contribution in [1.29, 1.82) is 0 Å². The number of ether oxygens (including phenoxy) is 2. The molecule has 1 heterocycles. The van der Waals surface area contributed by atoms with E-state index in [1.165, 1.54) is 12.0 Å². The number of carbonyl (C=O) groups excluding carboxylic acids is 2. The van der Waals surface area contributed by atoms with Gasteiger partial charge in [0.05, 0.1) is 7.11 Å². The molecule has 0 saturated heterocycles. The van der Waals surface area contributed by atoms with Crippen LogP contribution in [0.5, 0.6) is 5.75 Å². The fourth-order valence-corrected chi connectivity index (χ4v) is 2.49. The highest BCUT2D eigenvalue weighted by Gasteiger charge is 2.06. The van der Waals surface area contributed by atoms with E-state index in [9.17, 15) is 9.59 Å². The zero-order valence-corrected chi connectivity index (χ0v) is 13.0. The Bertz CT molecular complexity index is 625. The SMILES string of the molecule is COC(=O)COc1cccc(NC(=O)CCc2cccs2)c1. The zero-order valence-electron chi connectivity index (χ0n) is 12.2. The van der Waals surface area contributed by atoms with Crippen LogP contribution in [0.15, 0.2) is 41.8 Å². The van der Waals surface area contributed by atoms with Gasteiger partial charge < -0.3 is 14.8 Å². The first-order chi connectivity index (χ1) is 10.7. The summed E-state index contributed by atoms with van der Waals surface area (Å²) in [7, 11) is 1.30. The maximum atomic E-state index is 11.9. The van der Waals surface area contributed by atoms with Crippen molar-refractivity contribution in [2.75, 3.05) is 19.0 Å². The van der Waals surface area contributed by atoms with Crippen molar-refractivity contribution in [1.82, 2.24) is 0 Å². The molecule has 0 fully saturated rings. The van der Waals surface area contributed by atoms with E-state index >= 15 is 0 Å². The molecule has 0 aliphatic heterocycles. The predicted octanol–water partition coefficient (Wildman–Crippen LogP) is 2.87. The number of aryl methyl sites for hydroxylation is 1. The molecule has 0 aliphatic carbocycles. The van der Waals surface area contributed by atoms with Crippen LogP contribution in [0.2, 0.25) is 0 Å². The van der Waals surface area contributed by atoms with Crippen LogP contribution in [-0.2, 0) is 20.7 Å². The molecular weight excluding hydrogens is 302 g/mol. The molecule has 0 saturated carbocycles. The summed E-state index contributed by atoms with van der Waals surface area (Å²) < 4.78 is 9.78. The summed E-state index contributed by atoms with van der Waals surface area (Å²) in [5.41, 5.74) is 0.638. The molecule has 0 atom stereocenters. The van der Waals surface area contributed by atoms with E-state index in [0.29, 0.717) is 17.9 Å². The van der Waals surface area contributed by atoms with Crippen LogP contribution in [0, 0.1) is 0 Å². The second-order valence-corrected chi connectivity index (χ2v) is 5.55. The van der Waals surface area contributed by atoms with Crippen molar-refractivity contribution < 1.29 is 19.1 Å². The molecule has 2 rings (SSSR count). The van der Waals surface area contributed by atoms with Crippen molar-refractivity contribution in [2.24, 2.45) is 0 Å². The average molecular weight is 319 g/mol. The summed E-state index contributed by atoms with van der Waals surface area (Å²) in [6.45, 7) is -0.160. The van der Waals surface area contributed by atoms with Crippen LogP contribution in [-0.4, -0.2) is 25.6 Å². The molecule has 2 aromatic rings. The highest BCUT2D eigenvalue weighted by Crippen LogP contribution is 2.18. The first kappa shape index (κ1) is 16.0. The molecule has 0 radical (unpaired) electrons. The van der Waals surface area contributed by atoms with E-state index in [4.69, 9.17) is 4.74 Å². The Morgan fingerprint density at radius 1 is 1.23 bits per heavy atom. The van der Waals surface area contributed by atoms with E-state index in [1.807, 2.05) is 17.5 Å². The van der Waals surface area contributed by atoms with Gasteiger partial charge in [0.2, 0.25) is 5.91 Å². The number of rotatable bonds is 7. The number of anilines is 1. The van der Waals surface area contributed by atoms with Gasteiger partial charge in [-0.15, -0.1) is 11.3 Å². The molecule has 116 valence electrons. The summed E-state index contributed by atoms with van der Waals surface area (Å²) in [5.74, 6) is -0.00892. The van der Waals surface area contributed by atoms with Crippen molar-refractivity contribution in [3.63, 3.8) is 0 Å². The van der Waals surface area contributed by atoms with Crippen molar-refractivity contribution in [2.45, 2.75) is 12.8 Å². The number of carbonyl (C=O) groups is 2. The van der Waals surface area contributed by atoms with Crippen molar-refractivity contribution in [3.8, 4) is 5.75 Å². The summed E-state index contributed by atoms with van der Waals surface area (Å²) >= 11 is 1.64. The van der Waals surface area contributed by atoms with Crippen molar-refractivity contribution in [3.05, 3.63) is 46.7 Å². The third-order valence-electron chi connectivity index (χ3n) is 2.88. The summed E-state index contributed by atoms with van der Waals surface area (Å²) in [6.07, 6.45) is 1.15. The number of amides is 1. The first-order valence-corrected chi connectivity index (χ1v) is 7.67. The van der Waals surface area contributed by atoms with Gasteiger partial charge in [-0.2, -0.15) is 0 Å². The number of hydrogen-bond acceptors (Lipinski definition) is 5. The Morgan fingerprint density at radius 2 is 2.09 bits per heavy atom. The lowest BCUT2D eigenvalue weighted by Gasteiger charge is -2.08. The highest BCUT2D eigenvalue weighted by molar-refractivity contribution is 7.09. The lowest BCUT2D eigenvalue weighted by molar-refractivity contribution is -0.142. The van der Waals surface area contributed by atoms with Crippen LogP contribution < -0.4 is 10.1 Å². The third kappa shape index (κ3) is 5.21. The second-order valence-electron chi connectivity index (χ2n) is 4.52. The molecule has 0 aliphatic rings. The standard InChI is InChI=1S/C16H17NO4S/c1-20-16(19)11-21-13-5-2-4-12(10-13)17-15(18)8-7-14-6-3-9-22-14/h2-6,9-10H,7-8,11H2,1H3,(H,17,18). The van der Waals surface area contributed by atoms with Gasteiger partial charge >= 0.3 is 5.97 Å². The predicted molar refractivity (Wildman–Crippen MR) is 85.2 cm³/mol. The lowest BCUT2D eigenvalue weighted by atomic mass is 10.2. The minimum absolute atomic E-state index is 0.0569. The molecule has 22 heavy (non-hydrogen) atoms. The van der Waals surface area contributed by atoms with E-state index in [0.717, 1.165) is 6.42 Å². The Kier molecular flexibility index (Phi) is 5.97. The van der Waals surface area contributed by atoms with Crippen LogP contribution in [0.1, 0.15) is 11.3 Å². The molecule has 0 unspecified atom stereocenters. The molecule has 6 heteroatoms. The monoisotopic (exact) mass is 319 g/mol. The molecule has 1 aromatic carbocycles. The molecule has 0 bridgehead atoms. The van der Waals surface area contributed by atoms with Gasteiger partial charge in [0.25, 0.3) is 0 Å². The lowest BCUT2D eigenvalue weighted by Crippen LogP contribution is -2.14. The van der Waals surface area contributed by atoms with Gasteiger partial charge in [0.15, 0.2) is 6.61 Å². The molecule has 1 aromatic heterocycles. The van der Waals surface area contributed by atoms with Gasteiger partial charge in [-0.3, -0.25) is 4.79 Å². The topological polar surface area (TPSA) is 64.6 Å². The van der Waals surface area contributed by atoms with Gasteiger partial charge in [-0.1, -0.05) is 12.1 Å². The highest BCUT2D eigenvalue weighted by atomic mass is 32.1. The number of methoxy groups -OCH3 is 1. The Morgan fingerprint density at radius 3 is 2.82 bits per heavy atom. The smallest absolute Gasteiger partial charge is 0.343 e. The fraction of sp³-hybridized carbons (Fsp3) is 0.250. The average Bonchev–Trinajstić information content (AvgIpc) is 3.04. The van der Waals surface area contributed by atoms with Crippen LogP contribution in [0.3, 0.4) is 0 Å².